The lowest BCUT2D eigenvalue weighted by Crippen LogP contribution is -2.36. The Morgan fingerprint density at radius 3 is 1.47 bits per heavy atom. The van der Waals surface area contributed by atoms with Crippen LogP contribution in [0.15, 0.2) is 126 Å². The number of aromatic nitrogens is 7. The lowest BCUT2D eigenvalue weighted by Gasteiger charge is -2.16. The van der Waals surface area contributed by atoms with Crippen molar-refractivity contribution in [1.82, 2.24) is 50.7 Å². The number of para-hydroxylation sites is 1. The average molecular weight is 1880 g/mol. The first-order valence-corrected chi connectivity index (χ1v) is 43.2. The van der Waals surface area contributed by atoms with Crippen LogP contribution in [0.5, 0.6) is 17.2 Å². The molecule has 5 amide bonds. The molecule has 2 aliphatic carbocycles. The smallest absolute Gasteiger partial charge is 0.337 e. The zero-order chi connectivity index (χ0) is 97.1. The number of carbonyl (C=O) groups is 13. The molecule has 0 radical (unpaired) electrons. The van der Waals surface area contributed by atoms with E-state index >= 15 is 0 Å². The summed E-state index contributed by atoms with van der Waals surface area (Å²) in [7, 11) is -3.41. The Kier molecular flexibility index (Phi) is 42.4. The van der Waals surface area contributed by atoms with Gasteiger partial charge in [0.2, 0.25) is 28.9 Å². The van der Waals surface area contributed by atoms with Crippen LogP contribution in [-0.2, 0) is 86.6 Å². The number of hydrogen-bond acceptors (Lipinski definition) is 28. The topological polar surface area (TPSA) is 423 Å². The van der Waals surface area contributed by atoms with Gasteiger partial charge in [-0.05, 0) is 121 Å². The number of allylic oxidation sites excluding steroid dienone is 2. The van der Waals surface area contributed by atoms with Gasteiger partial charge >= 0.3 is 47.8 Å². The Hall–Kier alpha value is -12.7. The minimum Gasteiger partial charge on any atom is -0.426 e. The van der Waals surface area contributed by atoms with Gasteiger partial charge in [-0.3, -0.25) is 43.2 Å². The predicted molar refractivity (Wildman–Crippen MR) is 467 cm³/mol. The van der Waals surface area contributed by atoms with Crippen LogP contribution in [0, 0.1) is 115 Å². The van der Waals surface area contributed by atoms with Crippen LogP contribution < -0.4 is 29.2 Å². The monoisotopic (exact) mass is 1870 g/mol. The highest BCUT2D eigenvalue weighted by Gasteiger charge is 2.61. The number of nitrogens with one attached hydrogen (secondary N) is 1. The predicted octanol–water partition coefficient (Wildman–Crippen LogP) is 14.6. The molecule has 12 rings (SSSR count). The summed E-state index contributed by atoms with van der Waals surface area (Å²) in [6.07, 6.45) is 8.96. The summed E-state index contributed by atoms with van der Waals surface area (Å²) in [6, 6.07) is 27.4. The maximum Gasteiger partial charge on any atom is 0.337 e. The summed E-state index contributed by atoms with van der Waals surface area (Å²) in [5.41, 5.74) is 3.97. The first-order chi connectivity index (χ1) is 60.3. The third-order valence-electron chi connectivity index (χ3n) is 18.1. The van der Waals surface area contributed by atoms with Crippen LogP contribution in [0.4, 0.5) is 17.6 Å². The van der Waals surface area contributed by atoms with Crippen LogP contribution >= 0.6 is 23.2 Å². The minimum absolute atomic E-state index is 0. The summed E-state index contributed by atoms with van der Waals surface area (Å²) in [4.78, 5) is 174. The van der Waals surface area contributed by atoms with Gasteiger partial charge in [-0.25, -0.2) is 41.4 Å². The number of ether oxygens (including phenoxy) is 4. The van der Waals surface area contributed by atoms with Crippen molar-refractivity contribution in [2.45, 2.75) is 170 Å². The van der Waals surface area contributed by atoms with E-state index in [4.69, 9.17) is 51.9 Å². The van der Waals surface area contributed by atoms with Crippen molar-refractivity contribution in [3.63, 3.8) is 0 Å². The molecule has 704 valence electrons. The fourth-order valence-corrected chi connectivity index (χ4v) is 11.6. The number of rotatable bonds is 20. The first kappa shape index (κ1) is 110. The van der Waals surface area contributed by atoms with E-state index in [0.717, 1.165) is 46.5 Å². The second-order valence-electron chi connectivity index (χ2n) is 31.6. The number of hydroxylamine groups is 4. The molecular weight excluding hydrogens is 1770 g/mol. The number of carbonyl (C=O) groups excluding carboxylic acids is 13. The highest BCUT2D eigenvalue weighted by molar-refractivity contribution is 7.90. The van der Waals surface area contributed by atoms with Crippen molar-refractivity contribution < 1.29 is 127 Å². The summed E-state index contributed by atoms with van der Waals surface area (Å²) in [5, 5.41) is 19.8. The quantitative estimate of drug-likeness (QED) is 0.00852. The minimum atomic E-state index is -3.41. The Labute approximate surface area is 759 Å². The fraction of sp³-hybridized carbons (Fsp3) is 0.422. The van der Waals surface area contributed by atoms with E-state index in [1.807, 2.05) is 70.2 Å². The molecule has 0 unspecified atom stereocenters. The van der Waals surface area contributed by atoms with Crippen molar-refractivity contribution in [1.29, 1.82) is 0 Å². The highest BCUT2D eigenvalue weighted by Crippen LogP contribution is 2.52. The molecule has 2 aliphatic heterocycles. The molecule has 2 saturated heterocycles. The Morgan fingerprint density at radius 2 is 0.969 bits per heavy atom. The van der Waals surface area contributed by atoms with Crippen LogP contribution in [0.1, 0.15) is 167 Å². The maximum atomic E-state index is 13.3. The van der Waals surface area contributed by atoms with Crippen molar-refractivity contribution in [2.75, 3.05) is 12.8 Å². The van der Waals surface area contributed by atoms with Gasteiger partial charge in [0.25, 0.3) is 23.6 Å². The van der Waals surface area contributed by atoms with E-state index in [0.29, 0.717) is 66.0 Å². The number of pyridine rings is 1. The molecule has 5 aromatic carbocycles. The lowest BCUT2D eigenvalue weighted by atomic mass is 9.85. The van der Waals surface area contributed by atoms with Gasteiger partial charge in [0.1, 0.15) is 28.1 Å². The molecule has 1 N–H and O–H groups in total. The molecule has 3 fully saturated rings. The molecule has 3 aromatic heterocycles. The van der Waals surface area contributed by atoms with Gasteiger partial charge in [0.05, 0.1) is 69.1 Å². The SMILES string of the molecule is C.CC(C)C(=O)ON1C(=O)CCC1=O.CC(C)C(=O)ON1C(=O)[C@@H]2[C@H](C1=O)[C@@H]1C=C[C@H]2C1.CC(C)C(=O)On1nnc2ccccc21.CC(C)C(=O)On1nnc2cccnc21.CCNC(=O)/C=C(\OC(=O)C(C)C)c1cccc(S(C)(=O)=O)c1.Cc1c(F)c(F)c(OC(=O)C(C)C)c(F)c1F.Cc1cc(Cl)c(OC(=O)C(C)C)cc1Cl.Cc1ccc(OC(=O)C(C)C)cc1. The summed E-state index contributed by atoms with van der Waals surface area (Å²) < 4.78 is 95.8. The van der Waals surface area contributed by atoms with Crippen LogP contribution in [0.2, 0.25) is 10.0 Å². The first-order valence-electron chi connectivity index (χ1n) is 40.6. The van der Waals surface area contributed by atoms with Gasteiger partial charge in [-0.1, -0.05) is 200 Å². The second-order valence-corrected chi connectivity index (χ2v) is 34.5. The molecule has 5 heterocycles. The van der Waals surface area contributed by atoms with E-state index in [1.54, 1.807) is 145 Å². The molecule has 1 saturated carbocycles. The molecule has 8 aromatic rings. The number of hydrogen-bond donors (Lipinski definition) is 1. The van der Waals surface area contributed by atoms with E-state index in [9.17, 15) is 88.3 Å². The van der Waals surface area contributed by atoms with Crippen LogP contribution in [0.3, 0.4) is 0 Å². The molecule has 4 atom stereocenters. The number of esters is 4. The molecule has 4 aliphatic rings. The number of nitrogens with zero attached hydrogens (tertiary/aromatic N) is 9. The van der Waals surface area contributed by atoms with Crippen molar-refractivity contribution in [3.05, 3.63) is 177 Å². The van der Waals surface area contributed by atoms with Crippen LogP contribution in [-0.4, -0.2) is 144 Å². The molecule has 0 spiro atoms. The van der Waals surface area contributed by atoms with Crippen molar-refractivity contribution >= 4 is 138 Å². The summed E-state index contributed by atoms with van der Waals surface area (Å²) in [5.74, 6) is -15.6. The van der Waals surface area contributed by atoms with Gasteiger partial charge in [-0.2, -0.15) is 8.78 Å². The summed E-state index contributed by atoms with van der Waals surface area (Å²) in [6.45, 7) is 33.8. The van der Waals surface area contributed by atoms with Crippen molar-refractivity contribution in [2.24, 2.45) is 71.0 Å². The summed E-state index contributed by atoms with van der Waals surface area (Å²) >= 11 is 11.8. The second kappa shape index (κ2) is 50.3. The van der Waals surface area contributed by atoms with Crippen molar-refractivity contribution in [3.8, 4) is 17.2 Å². The van der Waals surface area contributed by atoms with Gasteiger partial charge in [-0.15, -0.1) is 20.3 Å². The lowest BCUT2D eigenvalue weighted by molar-refractivity contribution is -0.201. The molecule has 33 nitrogen and oxygen atoms in total. The molecule has 2 bridgehead atoms. The number of fused-ring (bicyclic) bond motifs is 7. The number of likely N-dealkylation sites (N-methyl/N-ethyl adjacent to an activating group) is 1. The normalized spacial score (nSPS) is 15.1. The van der Waals surface area contributed by atoms with E-state index in [-0.39, 0.29) is 132 Å². The van der Waals surface area contributed by atoms with Gasteiger partial charge < -0.3 is 43.6 Å². The van der Waals surface area contributed by atoms with Gasteiger partial charge in [0, 0.05) is 60.1 Å². The average Bonchev–Trinajstić information content (AvgIpc) is 1.57. The number of imide groups is 2. The number of aryl methyl sites for hydroxylation is 2. The highest BCUT2D eigenvalue weighted by atomic mass is 35.5. The number of benzene rings is 5. The largest absolute Gasteiger partial charge is 0.426 e. The number of amides is 5. The van der Waals surface area contributed by atoms with E-state index < -0.39 is 91.9 Å². The number of sulfone groups is 1. The zero-order valence-corrected chi connectivity index (χ0v) is 77.2. The third kappa shape index (κ3) is 31.6. The third-order valence-corrected chi connectivity index (χ3v) is 19.9. The maximum absolute atomic E-state index is 13.3. The van der Waals surface area contributed by atoms with Gasteiger partial charge in [0.15, 0.2) is 27.2 Å². The fourth-order valence-electron chi connectivity index (χ4n) is 10.5. The Morgan fingerprint density at radius 1 is 0.515 bits per heavy atom. The number of halogens is 6. The van der Waals surface area contributed by atoms with E-state index in [1.165, 1.54) is 32.0 Å². The molecular formula is C90H108Cl2F4N10O23S. The van der Waals surface area contributed by atoms with Crippen LogP contribution in [0.25, 0.3) is 28.0 Å². The standard InChI is InChI=1S/C16H21NO5S.C13H15NO4.C11H12Cl2O2.C11H10F4O2.C11H14O2.C10H11N3O2.C9H10N4O2.C8H11NO4.CH4/c1-5-17-15(18)10-14(22-16(19)11(2)3)12-7-6-8-13(9-12)23(4,20)21;1-6(2)13(17)18-14-11(15)9-7-3-4-8(5-7)10(9)12(14)16;1-6(2)11(14)15-10-5-8(12)7(3)4-9(10)13;1-4(2)11(16)17-10-8(14)6(12)5(3)7(13)9(10)15;1-8(2)11(12)13-10-6-4-9(3)5-7-10;1-7(2)10(14)15-13-9-6-4-3-5-8(9)11-12-13;1-6(2)9(14)15-13-8-7(11-12-13)4-3-5-10-8;1-5(2)8(12)13-9-6(10)3-4-7(9)11;/h6-11H,5H2,1-4H3,(H,17,18);3-4,6-10H,5H2,1-2H3;4-6H,1-3H3;4H,1-3H3;4-8H,1-3H3;3-7H,1-2H3;3-6H,1-2H3;5H,3-4H2,1-2H3;1H4/b14-10-;;;;;;;;/t;7-,8+,9-,10+;;;;;;;. The Balaban J connectivity index is 0.000000313. The zero-order valence-electron chi connectivity index (χ0n) is 74.9. The van der Waals surface area contributed by atoms with E-state index in [2.05, 4.69) is 40.5 Å². The Bertz CT molecular complexity index is 5440. The molecule has 40 heteroatoms. The molecule has 130 heavy (non-hydrogen) atoms.